The van der Waals surface area contributed by atoms with Crippen LogP contribution in [-0.4, -0.2) is 31.2 Å². The van der Waals surface area contributed by atoms with Crippen LogP contribution in [0.2, 0.25) is 5.02 Å². The minimum atomic E-state index is -0.351. The fourth-order valence-corrected chi connectivity index (χ4v) is 3.74. The Morgan fingerprint density at radius 1 is 1.06 bits per heavy atom. The van der Waals surface area contributed by atoms with E-state index in [-0.39, 0.29) is 18.4 Å². The first kappa shape index (κ1) is 24.5. The largest absolute Gasteiger partial charge is 0.490 e. The molecule has 9 heteroatoms. The molecule has 2 amide bonds. The summed E-state index contributed by atoms with van der Waals surface area (Å²) in [5.74, 6) is 0.245. The number of carbonyl (C=O) groups is 2. The molecular formula is C24H21ClIN3O4. The molecule has 0 aliphatic heterocycles. The Kier molecular flexibility index (Phi) is 9.08. The maximum atomic E-state index is 12.3. The molecule has 0 aliphatic carbocycles. The normalized spacial score (nSPS) is 10.6. The maximum Gasteiger partial charge on any atom is 0.271 e. The topological polar surface area (TPSA) is 89.0 Å². The van der Waals surface area contributed by atoms with Gasteiger partial charge in [-0.1, -0.05) is 41.9 Å². The van der Waals surface area contributed by atoms with Gasteiger partial charge in [0.25, 0.3) is 11.8 Å². The molecule has 0 bridgehead atoms. The summed E-state index contributed by atoms with van der Waals surface area (Å²) in [4.78, 5) is 24.4. The van der Waals surface area contributed by atoms with Crippen molar-refractivity contribution < 1.29 is 19.1 Å². The lowest BCUT2D eigenvalue weighted by molar-refractivity contribution is -0.118. The molecule has 3 aromatic carbocycles. The molecule has 0 spiro atoms. The van der Waals surface area contributed by atoms with E-state index in [1.807, 2.05) is 19.1 Å². The minimum Gasteiger partial charge on any atom is -0.490 e. The zero-order chi connectivity index (χ0) is 23.6. The highest BCUT2D eigenvalue weighted by atomic mass is 127. The molecule has 170 valence electrons. The van der Waals surface area contributed by atoms with Gasteiger partial charge in [-0.15, -0.1) is 0 Å². The molecule has 0 saturated carbocycles. The standard InChI is InChI=1S/C24H21ClIN3O4/c1-2-32-21-13-16(14-27-29-24(31)17-8-4-3-5-9-17)12-19(26)23(21)33-15-22(30)28-20-11-7-6-10-18(20)25/h3-14H,2,15H2,1H3,(H,28,30)(H,29,31)/b27-14+. The Balaban J connectivity index is 1.67. The smallest absolute Gasteiger partial charge is 0.271 e. The van der Waals surface area contributed by atoms with E-state index in [0.717, 1.165) is 3.57 Å². The highest BCUT2D eigenvalue weighted by Crippen LogP contribution is 2.34. The van der Waals surface area contributed by atoms with E-state index in [4.69, 9.17) is 21.1 Å². The highest BCUT2D eigenvalue weighted by Gasteiger charge is 2.14. The van der Waals surface area contributed by atoms with Gasteiger partial charge < -0.3 is 14.8 Å². The van der Waals surface area contributed by atoms with Gasteiger partial charge >= 0.3 is 0 Å². The van der Waals surface area contributed by atoms with E-state index in [1.165, 1.54) is 6.21 Å². The van der Waals surface area contributed by atoms with Crippen LogP contribution in [0.1, 0.15) is 22.8 Å². The van der Waals surface area contributed by atoms with E-state index in [2.05, 4.69) is 38.4 Å². The summed E-state index contributed by atoms with van der Waals surface area (Å²) >= 11 is 8.17. The molecule has 3 aromatic rings. The molecule has 7 nitrogen and oxygen atoms in total. The second-order valence-corrected chi connectivity index (χ2v) is 8.21. The Morgan fingerprint density at radius 3 is 2.52 bits per heavy atom. The monoisotopic (exact) mass is 577 g/mol. The lowest BCUT2D eigenvalue weighted by Gasteiger charge is -2.15. The second-order valence-electron chi connectivity index (χ2n) is 6.64. The number of benzene rings is 3. The summed E-state index contributed by atoms with van der Waals surface area (Å²) in [6.45, 7) is 2.03. The van der Waals surface area contributed by atoms with Gasteiger partial charge in [-0.2, -0.15) is 5.10 Å². The van der Waals surface area contributed by atoms with Gasteiger partial charge in [0.15, 0.2) is 18.1 Å². The van der Waals surface area contributed by atoms with Crippen LogP contribution in [-0.2, 0) is 4.79 Å². The average molecular weight is 578 g/mol. The Morgan fingerprint density at radius 2 is 1.79 bits per heavy atom. The second kappa shape index (κ2) is 12.2. The Hall–Kier alpha value is -3.11. The molecule has 3 rings (SSSR count). The number of ether oxygens (including phenoxy) is 2. The number of carbonyl (C=O) groups excluding carboxylic acids is 2. The van der Waals surface area contributed by atoms with Crippen LogP contribution in [0.3, 0.4) is 0 Å². The molecule has 0 fully saturated rings. The summed E-state index contributed by atoms with van der Waals surface area (Å²) in [5, 5.41) is 7.18. The molecule has 0 aromatic heterocycles. The first-order valence-corrected chi connectivity index (χ1v) is 11.5. The van der Waals surface area contributed by atoms with Crippen molar-refractivity contribution in [2.75, 3.05) is 18.5 Å². The van der Waals surface area contributed by atoms with Gasteiger partial charge in [-0.05, 0) is 71.5 Å². The van der Waals surface area contributed by atoms with Crippen LogP contribution >= 0.6 is 34.2 Å². The minimum absolute atomic E-state index is 0.220. The number of amides is 2. The molecule has 0 saturated heterocycles. The molecule has 0 heterocycles. The number of hydrogen-bond donors (Lipinski definition) is 2. The number of anilines is 1. The third kappa shape index (κ3) is 7.19. The van der Waals surface area contributed by atoms with E-state index >= 15 is 0 Å². The molecule has 0 radical (unpaired) electrons. The lowest BCUT2D eigenvalue weighted by atomic mass is 10.2. The van der Waals surface area contributed by atoms with Crippen molar-refractivity contribution in [3.05, 3.63) is 86.4 Å². The predicted molar refractivity (Wildman–Crippen MR) is 137 cm³/mol. The number of rotatable bonds is 9. The van der Waals surface area contributed by atoms with Crippen LogP contribution < -0.4 is 20.2 Å². The summed E-state index contributed by atoms with van der Waals surface area (Å²) in [7, 11) is 0. The van der Waals surface area contributed by atoms with Crippen molar-refractivity contribution in [3.63, 3.8) is 0 Å². The summed E-state index contributed by atoms with van der Waals surface area (Å²) < 4.78 is 12.2. The number of hydrazone groups is 1. The first-order valence-electron chi connectivity index (χ1n) is 10.00. The van der Waals surface area contributed by atoms with E-state index < -0.39 is 0 Å². The molecular weight excluding hydrogens is 557 g/mol. The van der Waals surface area contributed by atoms with E-state index in [1.54, 1.807) is 54.6 Å². The van der Waals surface area contributed by atoms with E-state index in [9.17, 15) is 9.59 Å². The number of halogens is 2. The lowest BCUT2D eigenvalue weighted by Crippen LogP contribution is -2.21. The molecule has 33 heavy (non-hydrogen) atoms. The summed E-state index contributed by atoms with van der Waals surface area (Å²) in [6.07, 6.45) is 1.51. The van der Waals surface area contributed by atoms with Crippen molar-refractivity contribution in [2.24, 2.45) is 5.10 Å². The molecule has 0 aliphatic rings. The van der Waals surface area contributed by atoms with Crippen molar-refractivity contribution >= 4 is 57.9 Å². The SMILES string of the molecule is CCOc1cc(/C=N/NC(=O)c2ccccc2)cc(I)c1OCC(=O)Nc1ccccc1Cl. The number of para-hydroxylation sites is 1. The maximum absolute atomic E-state index is 12.3. The number of nitrogens with one attached hydrogen (secondary N) is 2. The quantitative estimate of drug-likeness (QED) is 0.210. The van der Waals surface area contributed by atoms with Crippen molar-refractivity contribution in [3.8, 4) is 11.5 Å². The Labute approximate surface area is 210 Å². The fourth-order valence-electron chi connectivity index (χ4n) is 2.77. The fraction of sp³-hybridized carbons (Fsp3) is 0.125. The molecule has 0 unspecified atom stereocenters. The van der Waals surface area contributed by atoms with Crippen LogP contribution in [0.4, 0.5) is 5.69 Å². The van der Waals surface area contributed by atoms with Gasteiger partial charge in [0.05, 0.1) is 27.1 Å². The van der Waals surface area contributed by atoms with Crippen LogP contribution in [0, 0.1) is 3.57 Å². The average Bonchev–Trinajstić information content (AvgIpc) is 2.81. The van der Waals surface area contributed by atoms with Gasteiger partial charge in [0.2, 0.25) is 0 Å². The van der Waals surface area contributed by atoms with Gasteiger partial charge in [0.1, 0.15) is 0 Å². The van der Waals surface area contributed by atoms with Crippen molar-refractivity contribution in [1.29, 1.82) is 0 Å². The summed E-state index contributed by atoms with van der Waals surface area (Å²) in [5.41, 5.74) is 4.21. The van der Waals surface area contributed by atoms with Crippen LogP contribution in [0.25, 0.3) is 0 Å². The molecule has 0 atom stereocenters. The highest BCUT2D eigenvalue weighted by molar-refractivity contribution is 14.1. The van der Waals surface area contributed by atoms with Crippen LogP contribution in [0.15, 0.2) is 71.8 Å². The third-order valence-corrected chi connectivity index (χ3v) is 5.37. The Bertz CT molecular complexity index is 1160. The first-order chi connectivity index (χ1) is 16.0. The summed E-state index contributed by atoms with van der Waals surface area (Å²) in [6, 6.07) is 19.3. The number of nitrogens with zero attached hydrogens (tertiary/aromatic N) is 1. The zero-order valence-corrected chi connectivity index (χ0v) is 20.6. The van der Waals surface area contributed by atoms with Gasteiger partial charge in [-0.25, -0.2) is 5.43 Å². The van der Waals surface area contributed by atoms with Gasteiger partial charge in [0, 0.05) is 5.56 Å². The zero-order valence-electron chi connectivity index (χ0n) is 17.7. The van der Waals surface area contributed by atoms with Crippen molar-refractivity contribution in [1.82, 2.24) is 5.43 Å². The predicted octanol–water partition coefficient (Wildman–Crippen LogP) is 5.12. The van der Waals surface area contributed by atoms with Crippen LogP contribution in [0.5, 0.6) is 11.5 Å². The molecule has 2 N–H and O–H groups in total. The third-order valence-electron chi connectivity index (χ3n) is 4.24. The number of hydrogen-bond acceptors (Lipinski definition) is 5. The van der Waals surface area contributed by atoms with Gasteiger partial charge in [-0.3, -0.25) is 9.59 Å². The van der Waals surface area contributed by atoms with E-state index in [0.29, 0.717) is 39.9 Å². The van der Waals surface area contributed by atoms with Crippen molar-refractivity contribution in [2.45, 2.75) is 6.92 Å².